The molecule has 0 bridgehead atoms. The minimum absolute atomic E-state index is 0.0192. The second-order valence-electron chi connectivity index (χ2n) is 8.53. The Morgan fingerprint density at radius 3 is 2.58 bits per heavy atom. The van der Waals surface area contributed by atoms with Gasteiger partial charge in [0.25, 0.3) is 5.88 Å². The molecule has 2 aromatic heterocycles. The lowest BCUT2D eigenvalue weighted by Crippen LogP contribution is -2.52. The van der Waals surface area contributed by atoms with Crippen LogP contribution in [0.4, 0.5) is 16.3 Å². The van der Waals surface area contributed by atoms with E-state index in [0.29, 0.717) is 50.7 Å². The maximum Gasteiger partial charge on any atom is 0.256 e. The number of carbonyl (C=O) groups excluding carboxylic acids is 1. The van der Waals surface area contributed by atoms with E-state index in [2.05, 4.69) is 25.3 Å². The van der Waals surface area contributed by atoms with Crippen LogP contribution in [-0.2, 0) is 9.53 Å². The number of amides is 1. The zero-order valence-corrected chi connectivity index (χ0v) is 18.6. The van der Waals surface area contributed by atoms with Gasteiger partial charge in [-0.25, -0.2) is 15.0 Å². The van der Waals surface area contributed by atoms with E-state index in [4.69, 9.17) is 15.2 Å². The summed E-state index contributed by atoms with van der Waals surface area (Å²) in [6.07, 6.45) is 2.36. The Hall–Kier alpha value is -3.12. The molecule has 3 heterocycles. The van der Waals surface area contributed by atoms with Crippen molar-refractivity contribution >= 4 is 17.8 Å². The van der Waals surface area contributed by atoms with E-state index in [1.165, 1.54) is 12.4 Å². The first-order valence-corrected chi connectivity index (χ1v) is 10.9. The van der Waals surface area contributed by atoms with Crippen LogP contribution in [0, 0.1) is 11.7 Å². The molecular formula is C21H28FN7O4. The summed E-state index contributed by atoms with van der Waals surface area (Å²) in [5, 5.41) is 12.7. The van der Waals surface area contributed by atoms with Crippen molar-refractivity contribution in [3.63, 3.8) is 0 Å². The molecule has 4 N–H and O–H groups in total. The zero-order chi connectivity index (χ0) is 23.5. The fourth-order valence-electron chi connectivity index (χ4n) is 3.58. The van der Waals surface area contributed by atoms with Crippen LogP contribution in [0.25, 0.3) is 11.3 Å². The van der Waals surface area contributed by atoms with Crippen LogP contribution in [0.5, 0.6) is 5.88 Å². The molecule has 33 heavy (non-hydrogen) atoms. The molecule has 2 aromatic rings. The van der Waals surface area contributed by atoms with Gasteiger partial charge in [0.15, 0.2) is 0 Å². The predicted molar refractivity (Wildman–Crippen MR) is 117 cm³/mol. The summed E-state index contributed by atoms with van der Waals surface area (Å²) in [7, 11) is 0. The summed E-state index contributed by atoms with van der Waals surface area (Å²) < 4.78 is 26.6. The van der Waals surface area contributed by atoms with E-state index >= 15 is 4.39 Å². The molecule has 0 unspecified atom stereocenters. The molecule has 2 fully saturated rings. The molecule has 1 aliphatic heterocycles. The van der Waals surface area contributed by atoms with Gasteiger partial charge in [0.2, 0.25) is 23.6 Å². The van der Waals surface area contributed by atoms with Gasteiger partial charge in [-0.15, -0.1) is 0 Å². The summed E-state index contributed by atoms with van der Waals surface area (Å²) in [6.45, 7) is 5.71. The normalized spacial score (nSPS) is 21.4. The number of nitrogens with one attached hydrogen (secondary N) is 1. The first-order valence-electron chi connectivity index (χ1n) is 10.9. The van der Waals surface area contributed by atoms with Gasteiger partial charge in [0, 0.05) is 49.9 Å². The second kappa shape index (κ2) is 9.79. The van der Waals surface area contributed by atoms with Crippen molar-refractivity contribution in [2.75, 3.05) is 36.9 Å². The van der Waals surface area contributed by atoms with Gasteiger partial charge in [-0.2, -0.15) is 9.37 Å². The number of morpholine rings is 1. The van der Waals surface area contributed by atoms with Crippen molar-refractivity contribution in [3.8, 4) is 17.1 Å². The van der Waals surface area contributed by atoms with Crippen LogP contribution in [0.3, 0.4) is 0 Å². The Bertz CT molecular complexity index is 979. The molecule has 4 rings (SSSR count). The van der Waals surface area contributed by atoms with Crippen molar-refractivity contribution in [2.45, 2.75) is 44.9 Å². The Labute approximate surface area is 190 Å². The maximum atomic E-state index is 15.3. The van der Waals surface area contributed by atoms with Crippen LogP contribution in [-0.4, -0.2) is 75.5 Å². The Morgan fingerprint density at radius 2 is 1.94 bits per heavy atom. The lowest BCUT2D eigenvalue weighted by molar-refractivity contribution is -0.133. The van der Waals surface area contributed by atoms with Gasteiger partial charge in [-0.3, -0.25) is 4.79 Å². The van der Waals surface area contributed by atoms with E-state index in [-0.39, 0.29) is 35.6 Å². The highest BCUT2D eigenvalue weighted by atomic mass is 19.1. The smallest absolute Gasteiger partial charge is 0.256 e. The molecule has 1 atom stereocenters. The quantitative estimate of drug-likeness (QED) is 0.533. The minimum atomic E-state index is -1.06. The van der Waals surface area contributed by atoms with E-state index in [9.17, 15) is 9.90 Å². The van der Waals surface area contributed by atoms with E-state index in [1.54, 1.807) is 13.8 Å². The lowest BCUT2D eigenvalue weighted by atomic mass is 9.88. The topological polar surface area (TPSA) is 149 Å². The second-order valence-corrected chi connectivity index (χ2v) is 8.53. The summed E-state index contributed by atoms with van der Waals surface area (Å²) in [5.74, 6) is -1.09. The maximum absolute atomic E-state index is 15.3. The number of nitrogens with zero attached hydrogens (tertiary/aromatic N) is 5. The number of hydrogen-bond donors (Lipinski definition) is 3. The number of ether oxygens (including phenoxy) is 2. The van der Waals surface area contributed by atoms with Gasteiger partial charge in [0.1, 0.15) is 17.9 Å². The van der Waals surface area contributed by atoms with Gasteiger partial charge in [-0.05, 0) is 5.92 Å². The van der Waals surface area contributed by atoms with Crippen LogP contribution < -0.4 is 20.7 Å². The number of aromatic nitrogens is 4. The highest BCUT2D eigenvalue weighted by molar-refractivity contribution is 5.81. The summed E-state index contributed by atoms with van der Waals surface area (Å²) >= 11 is 0. The highest BCUT2D eigenvalue weighted by Gasteiger charge is 2.35. The number of aliphatic hydroxyl groups excluding tert-OH is 1. The van der Waals surface area contributed by atoms with Gasteiger partial charge in [-0.1, -0.05) is 13.8 Å². The number of nitrogens with two attached hydrogens (primary N) is 1. The number of anilines is 2. The fraction of sp³-hybridized carbons (Fsp3) is 0.571. The average molecular weight is 461 g/mol. The molecule has 0 aromatic carbocycles. The van der Waals surface area contributed by atoms with Crippen LogP contribution in [0.15, 0.2) is 12.4 Å². The molecule has 11 nitrogen and oxygen atoms in total. The Balaban J connectivity index is 1.51. The molecule has 1 amide bonds. The first kappa shape index (κ1) is 23.1. The third-order valence-electron chi connectivity index (χ3n) is 5.67. The Kier molecular flexibility index (Phi) is 6.84. The van der Waals surface area contributed by atoms with Crippen molar-refractivity contribution in [2.24, 2.45) is 5.92 Å². The molecule has 0 radical (unpaired) electrons. The highest BCUT2D eigenvalue weighted by Crippen LogP contribution is 2.32. The largest absolute Gasteiger partial charge is 0.472 e. The van der Waals surface area contributed by atoms with E-state index in [1.807, 2.05) is 4.90 Å². The number of hydrogen-bond acceptors (Lipinski definition) is 10. The number of carbonyl (C=O) groups is 1. The Morgan fingerprint density at radius 1 is 1.27 bits per heavy atom. The number of halogens is 1. The minimum Gasteiger partial charge on any atom is -0.472 e. The number of aliphatic hydroxyl groups is 1. The van der Waals surface area contributed by atoms with Gasteiger partial charge in [0.05, 0.1) is 13.2 Å². The average Bonchev–Trinajstić information content (AvgIpc) is 2.79. The third-order valence-corrected chi connectivity index (χ3v) is 5.67. The summed E-state index contributed by atoms with van der Waals surface area (Å²) in [5.41, 5.74) is 5.92. The van der Waals surface area contributed by atoms with Crippen LogP contribution in [0.2, 0.25) is 0 Å². The fourth-order valence-corrected chi connectivity index (χ4v) is 3.58. The number of nitrogen functional groups attached to an aromatic ring is 1. The monoisotopic (exact) mass is 461 g/mol. The van der Waals surface area contributed by atoms with E-state index in [0.717, 1.165) is 0 Å². The molecule has 12 heteroatoms. The molecule has 178 valence electrons. The zero-order valence-electron chi connectivity index (χ0n) is 18.6. The molecular weight excluding hydrogens is 433 g/mol. The third kappa shape index (κ3) is 5.28. The SMILES string of the molecule is CC(C)[C@@H](O)C(=O)N[C@H]1C[C@H](Oc2nc(N3CCOCC3)nc(-c3cnc(N)nc3)c2F)C1. The molecule has 1 aliphatic carbocycles. The van der Waals surface area contributed by atoms with E-state index < -0.39 is 17.8 Å². The van der Waals surface area contributed by atoms with Crippen molar-refractivity contribution in [1.82, 2.24) is 25.3 Å². The first-order chi connectivity index (χ1) is 15.8. The predicted octanol–water partition coefficient (Wildman–Crippen LogP) is 0.534. The summed E-state index contributed by atoms with van der Waals surface area (Å²) in [6, 6.07) is -0.149. The van der Waals surface area contributed by atoms with Crippen molar-refractivity contribution in [1.29, 1.82) is 0 Å². The van der Waals surface area contributed by atoms with Crippen molar-refractivity contribution < 1.29 is 23.8 Å². The molecule has 2 aliphatic rings. The van der Waals surface area contributed by atoms with Gasteiger partial charge >= 0.3 is 0 Å². The van der Waals surface area contributed by atoms with Gasteiger partial charge < -0.3 is 30.5 Å². The molecule has 1 saturated heterocycles. The summed E-state index contributed by atoms with van der Waals surface area (Å²) in [4.78, 5) is 30.5. The standard InChI is InChI=1S/C21H28FN7O4/c1-11(2)17(30)18(31)26-13-7-14(8-13)33-19-15(22)16(12-9-24-20(23)25-10-12)27-21(28-19)29-3-5-32-6-4-29/h9-11,13-14,17,30H,3-8H2,1-2H3,(H,26,31)(H2,23,24,25)/t13-,14-,17-/m1/s1. The van der Waals surface area contributed by atoms with Crippen LogP contribution >= 0.6 is 0 Å². The van der Waals surface area contributed by atoms with Crippen molar-refractivity contribution in [3.05, 3.63) is 18.2 Å². The van der Waals surface area contributed by atoms with Crippen LogP contribution in [0.1, 0.15) is 26.7 Å². The number of rotatable bonds is 7. The molecule has 1 saturated carbocycles. The molecule has 0 spiro atoms. The lowest BCUT2D eigenvalue weighted by Gasteiger charge is -2.36.